The number of hydrogen-bond donors (Lipinski definition) is 1. The van der Waals surface area contributed by atoms with E-state index in [0.29, 0.717) is 37.0 Å². The molecule has 1 atom stereocenters. The van der Waals surface area contributed by atoms with Gasteiger partial charge in [-0.15, -0.1) is 0 Å². The molecule has 35 heavy (non-hydrogen) atoms. The Labute approximate surface area is 204 Å². The summed E-state index contributed by atoms with van der Waals surface area (Å²) < 4.78 is 11.7. The second-order valence-corrected chi connectivity index (χ2v) is 9.65. The van der Waals surface area contributed by atoms with Gasteiger partial charge < -0.3 is 24.6 Å². The molecule has 2 aromatic heterocycles. The van der Waals surface area contributed by atoms with Gasteiger partial charge in [-0.05, 0) is 44.0 Å². The third-order valence-electron chi connectivity index (χ3n) is 7.15. The Balaban J connectivity index is 1.45. The largest absolute Gasteiger partial charge is 0.377 e. The highest BCUT2D eigenvalue weighted by molar-refractivity contribution is 5.95. The number of ether oxygens (including phenoxy) is 2. The van der Waals surface area contributed by atoms with Crippen LogP contribution in [-0.4, -0.2) is 79.0 Å². The van der Waals surface area contributed by atoms with Crippen molar-refractivity contribution in [3.05, 3.63) is 42.0 Å². The second-order valence-electron chi connectivity index (χ2n) is 9.65. The van der Waals surface area contributed by atoms with E-state index in [2.05, 4.69) is 22.0 Å². The highest BCUT2D eigenvalue weighted by atomic mass is 16.5. The standard InChI is InChI=1S/C26H30N6O3/c1-17-15-34-12-11-32(17)23-20-6-7-21(18-4-3-5-19(14-18)24(33)27-2)28-22(20)29-25(30-23)31-10-13-35-26(16-31)8-9-26/h3-7,14,17H,8-13,15-16H2,1-2H3,(H,27,33)/t17-/m0/s1. The topological polar surface area (TPSA) is 92.7 Å². The van der Waals surface area contributed by atoms with Gasteiger partial charge in [-0.2, -0.15) is 9.97 Å². The highest BCUT2D eigenvalue weighted by Crippen LogP contribution is 2.43. The van der Waals surface area contributed by atoms with Crippen LogP contribution < -0.4 is 15.1 Å². The van der Waals surface area contributed by atoms with Gasteiger partial charge in [0.1, 0.15) is 5.82 Å². The average molecular weight is 475 g/mol. The molecule has 1 aromatic carbocycles. The molecule has 6 rings (SSSR count). The van der Waals surface area contributed by atoms with E-state index in [1.165, 1.54) is 0 Å². The number of nitrogens with one attached hydrogen (secondary N) is 1. The van der Waals surface area contributed by atoms with Gasteiger partial charge >= 0.3 is 0 Å². The Bertz CT molecular complexity index is 1280. The zero-order valence-corrected chi connectivity index (χ0v) is 20.2. The fourth-order valence-corrected chi connectivity index (χ4v) is 4.97. The van der Waals surface area contributed by atoms with Crippen molar-refractivity contribution in [3.63, 3.8) is 0 Å². The lowest BCUT2D eigenvalue weighted by molar-refractivity contribution is 0.0201. The molecule has 0 radical (unpaired) electrons. The number of morpholine rings is 2. The van der Waals surface area contributed by atoms with Crippen LogP contribution in [0.2, 0.25) is 0 Å². The molecule has 2 saturated heterocycles. The van der Waals surface area contributed by atoms with Crippen molar-refractivity contribution in [1.29, 1.82) is 0 Å². The van der Waals surface area contributed by atoms with E-state index >= 15 is 0 Å². The van der Waals surface area contributed by atoms with Gasteiger partial charge in [-0.25, -0.2) is 4.98 Å². The quantitative estimate of drug-likeness (QED) is 0.617. The lowest BCUT2D eigenvalue weighted by Gasteiger charge is -2.36. The Morgan fingerprint density at radius 2 is 2.00 bits per heavy atom. The number of anilines is 2. The Hall–Kier alpha value is -3.30. The van der Waals surface area contributed by atoms with Gasteiger partial charge in [0, 0.05) is 37.8 Å². The van der Waals surface area contributed by atoms with Gasteiger partial charge in [0.25, 0.3) is 5.91 Å². The minimum absolute atomic E-state index is 0.0292. The third-order valence-corrected chi connectivity index (χ3v) is 7.15. The van der Waals surface area contributed by atoms with Crippen LogP contribution in [0.15, 0.2) is 36.4 Å². The maximum absolute atomic E-state index is 12.2. The van der Waals surface area contributed by atoms with Crippen molar-refractivity contribution in [2.75, 3.05) is 56.3 Å². The van der Waals surface area contributed by atoms with E-state index in [1.807, 2.05) is 30.3 Å². The number of carbonyl (C=O) groups is 1. The molecule has 3 aliphatic rings. The first-order valence-corrected chi connectivity index (χ1v) is 12.3. The molecule has 1 N–H and O–H groups in total. The highest BCUT2D eigenvalue weighted by Gasteiger charge is 2.48. The van der Waals surface area contributed by atoms with Crippen LogP contribution in [0.1, 0.15) is 30.1 Å². The number of carbonyl (C=O) groups excluding carboxylic acids is 1. The van der Waals surface area contributed by atoms with E-state index < -0.39 is 0 Å². The Kier molecular flexibility index (Phi) is 5.53. The summed E-state index contributed by atoms with van der Waals surface area (Å²) in [5, 5.41) is 3.60. The lowest BCUT2D eigenvalue weighted by Crippen LogP contribution is -2.46. The first kappa shape index (κ1) is 22.2. The first-order chi connectivity index (χ1) is 17.0. The minimum atomic E-state index is -0.123. The SMILES string of the molecule is CNC(=O)c1cccc(-c2ccc3c(N4CCOC[C@@H]4C)nc(N4CCOC5(CC5)C4)nc3n2)c1. The number of benzene rings is 1. The van der Waals surface area contributed by atoms with Crippen LogP contribution in [0.3, 0.4) is 0 Å². The summed E-state index contributed by atoms with van der Waals surface area (Å²) in [6, 6.07) is 11.7. The van der Waals surface area contributed by atoms with E-state index in [1.54, 1.807) is 13.1 Å². The molecule has 9 nitrogen and oxygen atoms in total. The zero-order chi connectivity index (χ0) is 24.0. The van der Waals surface area contributed by atoms with E-state index in [0.717, 1.165) is 54.9 Å². The Morgan fingerprint density at radius 3 is 2.80 bits per heavy atom. The lowest BCUT2D eigenvalue weighted by atomic mass is 10.1. The van der Waals surface area contributed by atoms with Crippen molar-refractivity contribution in [1.82, 2.24) is 20.3 Å². The van der Waals surface area contributed by atoms with E-state index in [-0.39, 0.29) is 17.6 Å². The van der Waals surface area contributed by atoms with Crippen LogP contribution in [0.25, 0.3) is 22.3 Å². The number of pyridine rings is 1. The number of nitrogens with zero attached hydrogens (tertiary/aromatic N) is 5. The molecule has 182 valence electrons. The molecule has 3 fully saturated rings. The summed E-state index contributed by atoms with van der Waals surface area (Å²) in [5.41, 5.74) is 2.87. The van der Waals surface area contributed by atoms with Gasteiger partial charge in [-0.3, -0.25) is 4.79 Å². The minimum Gasteiger partial charge on any atom is -0.377 e. The number of fused-ring (bicyclic) bond motifs is 1. The predicted molar refractivity (Wildman–Crippen MR) is 134 cm³/mol. The van der Waals surface area contributed by atoms with Crippen molar-refractivity contribution in [3.8, 4) is 11.3 Å². The van der Waals surface area contributed by atoms with E-state index in [9.17, 15) is 4.79 Å². The second kappa shape index (κ2) is 8.73. The molecule has 0 unspecified atom stereocenters. The number of hydrogen-bond acceptors (Lipinski definition) is 8. The van der Waals surface area contributed by atoms with Crippen LogP contribution in [-0.2, 0) is 9.47 Å². The van der Waals surface area contributed by atoms with Crippen molar-refractivity contribution in [2.24, 2.45) is 0 Å². The summed E-state index contributed by atoms with van der Waals surface area (Å²) >= 11 is 0. The summed E-state index contributed by atoms with van der Waals surface area (Å²) in [4.78, 5) is 31.7. The normalized spacial score (nSPS) is 21.4. The smallest absolute Gasteiger partial charge is 0.251 e. The fraction of sp³-hybridized carbons (Fsp3) is 0.462. The molecular formula is C26H30N6O3. The van der Waals surface area contributed by atoms with Gasteiger partial charge in [0.15, 0.2) is 5.65 Å². The molecule has 1 amide bonds. The average Bonchev–Trinajstić information content (AvgIpc) is 3.65. The van der Waals surface area contributed by atoms with Crippen LogP contribution in [0.5, 0.6) is 0 Å². The fourth-order valence-electron chi connectivity index (χ4n) is 4.97. The van der Waals surface area contributed by atoms with Gasteiger partial charge in [0.2, 0.25) is 5.95 Å². The van der Waals surface area contributed by atoms with Gasteiger partial charge in [-0.1, -0.05) is 12.1 Å². The van der Waals surface area contributed by atoms with Crippen molar-refractivity contribution >= 4 is 28.7 Å². The monoisotopic (exact) mass is 474 g/mol. The summed E-state index contributed by atoms with van der Waals surface area (Å²) in [7, 11) is 1.63. The number of aromatic nitrogens is 3. The molecule has 3 aromatic rings. The van der Waals surface area contributed by atoms with Crippen molar-refractivity contribution < 1.29 is 14.3 Å². The maximum atomic E-state index is 12.2. The maximum Gasteiger partial charge on any atom is 0.251 e. The van der Waals surface area contributed by atoms with Crippen molar-refractivity contribution in [2.45, 2.75) is 31.4 Å². The van der Waals surface area contributed by atoms with Crippen LogP contribution >= 0.6 is 0 Å². The summed E-state index contributed by atoms with van der Waals surface area (Å²) in [5.74, 6) is 1.47. The van der Waals surface area contributed by atoms with Crippen LogP contribution in [0.4, 0.5) is 11.8 Å². The molecule has 0 bridgehead atoms. The van der Waals surface area contributed by atoms with Gasteiger partial charge in [0.05, 0.1) is 42.5 Å². The summed E-state index contributed by atoms with van der Waals surface area (Å²) in [6.07, 6.45) is 2.18. The predicted octanol–water partition coefficient (Wildman–Crippen LogP) is 2.65. The Morgan fingerprint density at radius 1 is 1.11 bits per heavy atom. The summed E-state index contributed by atoms with van der Waals surface area (Å²) in [6.45, 7) is 6.53. The zero-order valence-electron chi connectivity index (χ0n) is 20.2. The molecule has 9 heteroatoms. The van der Waals surface area contributed by atoms with Crippen LogP contribution in [0, 0.1) is 0 Å². The first-order valence-electron chi connectivity index (χ1n) is 12.3. The number of rotatable bonds is 4. The molecule has 4 heterocycles. The molecule has 1 saturated carbocycles. The molecule has 1 spiro atoms. The molecule has 2 aliphatic heterocycles. The number of amides is 1. The van der Waals surface area contributed by atoms with E-state index in [4.69, 9.17) is 24.4 Å². The third kappa shape index (κ3) is 4.19. The molecular weight excluding hydrogens is 444 g/mol. The molecule has 1 aliphatic carbocycles.